The second-order valence-corrected chi connectivity index (χ2v) is 7.46. The molecule has 1 saturated heterocycles. The van der Waals surface area contributed by atoms with E-state index in [1.165, 1.54) is 18.4 Å². The fourth-order valence-electron chi connectivity index (χ4n) is 3.73. The molecule has 2 fully saturated rings. The lowest BCUT2D eigenvalue weighted by Crippen LogP contribution is -2.41. The highest BCUT2D eigenvalue weighted by Crippen LogP contribution is 2.66. The van der Waals surface area contributed by atoms with E-state index in [1.807, 2.05) is 19.1 Å². The summed E-state index contributed by atoms with van der Waals surface area (Å²) in [6.45, 7) is 10.9. The average molecular weight is 300 g/mol. The topological polar surface area (TPSA) is 29.6 Å². The molecule has 0 amide bonds. The van der Waals surface area contributed by atoms with Crippen molar-refractivity contribution in [1.29, 1.82) is 0 Å². The fraction of sp³-hybridized carbons (Fsp3) is 0.550. The summed E-state index contributed by atoms with van der Waals surface area (Å²) in [7, 11) is 0. The largest absolute Gasteiger partial charge is 0.358 e. The first kappa shape index (κ1) is 17.0. The van der Waals surface area contributed by atoms with Crippen LogP contribution in [0.25, 0.3) is 0 Å². The number of hydrogen-bond acceptors (Lipinski definition) is 2. The lowest BCUT2D eigenvalue weighted by atomic mass is 9.64. The molecule has 0 bridgehead atoms. The summed E-state index contributed by atoms with van der Waals surface area (Å²) < 4.78 is 6.21. The van der Waals surface area contributed by atoms with Crippen molar-refractivity contribution in [3.05, 3.63) is 47.6 Å². The van der Waals surface area contributed by atoms with Gasteiger partial charge < -0.3 is 4.74 Å². The Morgan fingerprint density at radius 3 is 2.32 bits per heavy atom. The van der Waals surface area contributed by atoms with Gasteiger partial charge in [-0.2, -0.15) is 0 Å². The fourth-order valence-corrected chi connectivity index (χ4v) is 3.73. The molecule has 0 aromatic heterocycles. The van der Waals surface area contributed by atoms with Gasteiger partial charge in [0.15, 0.2) is 0 Å². The number of allylic oxidation sites excluding steroid dienone is 7. The highest BCUT2D eigenvalue weighted by Gasteiger charge is 2.72. The Kier molecular flexibility index (Phi) is 4.62. The Morgan fingerprint density at radius 1 is 1.00 bits per heavy atom. The molecule has 120 valence electrons. The summed E-state index contributed by atoms with van der Waals surface area (Å²) >= 11 is 0. The molecule has 2 heteroatoms. The van der Waals surface area contributed by atoms with Crippen LogP contribution in [0.2, 0.25) is 0 Å². The third kappa shape index (κ3) is 3.03. The van der Waals surface area contributed by atoms with Crippen LogP contribution in [-0.2, 0) is 9.53 Å². The first-order chi connectivity index (χ1) is 10.3. The summed E-state index contributed by atoms with van der Waals surface area (Å²) in [5, 5.41) is 0. The van der Waals surface area contributed by atoms with Gasteiger partial charge in [-0.3, -0.25) is 4.79 Å². The molecular weight excluding hydrogens is 272 g/mol. The van der Waals surface area contributed by atoms with Crippen LogP contribution in [0.15, 0.2) is 47.6 Å². The van der Waals surface area contributed by atoms with E-state index in [0.29, 0.717) is 0 Å². The maximum absolute atomic E-state index is 10.4. The highest BCUT2D eigenvalue weighted by molar-refractivity contribution is 5.66. The summed E-state index contributed by atoms with van der Waals surface area (Å²) in [6, 6.07) is 0. The number of epoxide rings is 1. The van der Waals surface area contributed by atoms with Gasteiger partial charge in [-0.05, 0) is 57.8 Å². The summed E-state index contributed by atoms with van der Waals surface area (Å²) in [5.74, 6) is 0. The Labute approximate surface area is 134 Å². The lowest BCUT2D eigenvalue weighted by Gasteiger charge is -2.36. The molecule has 0 aromatic rings. The van der Waals surface area contributed by atoms with Crippen molar-refractivity contribution in [2.24, 2.45) is 5.41 Å². The molecule has 0 spiro atoms. The first-order valence-electron chi connectivity index (χ1n) is 8.13. The van der Waals surface area contributed by atoms with Crippen LogP contribution in [0, 0.1) is 5.41 Å². The predicted octanol–water partition coefficient (Wildman–Crippen LogP) is 4.93. The molecule has 1 heterocycles. The van der Waals surface area contributed by atoms with Gasteiger partial charge in [0.2, 0.25) is 0 Å². The van der Waals surface area contributed by atoms with E-state index >= 15 is 0 Å². The van der Waals surface area contributed by atoms with Crippen LogP contribution in [0.1, 0.15) is 53.9 Å². The maximum Gasteiger partial charge on any atom is 0.143 e. The molecule has 22 heavy (non-hydrogen) atoms. The van der Waals surface area contributed by atoms with E-state index < -0.39 is 0 Å². The third-order valence-electron chi connectivity index (χ3n) is 5.22. The number of carbonyl (C=O) groups is 1. The second-order valence-electron chi connectivity index (χ2n) is 7.46. The van der Waals surface area contributed by atoms with Crippen molar-refractivity contribution in [3.8, 4) is 0 Å². The Balaban J connectivity index is 2.08. The molecule has 1 saturated carbocycles. The molecular formula is C20H28O2. The molecule has 2 aliphatic rings. The van der Waals surface area contributed by atoms with Crippen LogP contribution in [0.3, 0.4) is 0 Å². The molecule has 0 radical (unpaired) electrons. The summed E-state index contributed by atoms with van der Waals surface area (Å²) in [4.78, 5) is 10.4. The standard InChI is InChI=1S/C20H28O2/c1-16(8-6-9-17(2)11-15-21)10-14-20-18(3,4)12-7-13-19(20,5)22-20/h6,8-11,14-15H,7,12-13H2,1-5H3/b9-6+,14-10+,16-8-,17-11+. The highest BCUT2D eigenvalue weighted by atomic mass is 16.6. The second kappa shape index (κ2) is 6.00. The Hall–Kier alpha value is -1.41. The number of ether oxygens (including phenoxy) is 1. The predicted molar refractivity (Wildman–Crippen MR) is 91.7 cm³/mol. The molecule has 2 unspecified atom stereocenters. The number of hydrogen-bond donors (Lipinski definition) is 0. The van der Waals surface area contributed by atoms with E-state index in [4.69, 9.17) is 4.74 Å². The van der Waals surface area contributed by atoms with Crippen LogP contribution in [0.5, 0.6) is 0 Å². The normalized spacial score (nSPS) is 35.0. The zero-order valence-electron chi connectivity index (χ0n) is 14.5. The zero-order valence-corrected chi connectivity index (χ0v) is 14.5. The van der Waals surface area contributed by atoms with E-state index in [2.05, 4.69) is 45.9 Å². The van der Waals surface area contributed by atoms with Crippen molar-refractivity contribution in [2.75, 3.05) is 0 Å². The minimum Gasteiger partial charge on any atom is -0.358 e. The zero-order chi connectivity index (χ0) is 16.4. The molecule has 2 atom stereocenters. The molecule has 1 aliphatic heterocycles. The van der Waals surface area contributed by atoms with Gasteiger partial charge in [-0.25, -0.2) is 0 Å². The van der Waals surface area contributed by atoms with Crippen LogP contribution in [0.4, 0.5) is 0 Å². The maximum atomic E-state index is 10.4. The van der Waals surface area contributed by atoms with E-state index in [0.717, 1.165) is 18.3 Å². The molecule has 1 aliphatic carbocycles. The Bertz CT molecular complexity index is 562. The third-order valence-corrected chi connectivity index (χ3v) is 5.22. The SMILES string of the molecule is CC(=C/C=C/C(C)=C/C=O)/C=C/C12OC1(C)CCCC2(C)C. The minimum absolute atomic E-state index is 0.0185. The van der Waals surface area contributed by atoms with Gasteiger partial charge in [0.05, 0.1) is 5.60 Å². The van der Waals surface area contributed by atoms with Gasteiger partial charge >= 0.3 is 0 Å². The molecule has 0 aromatic carbocycles. The van der Waals surface area contributed by atoms with Gasteiger partial charge in [0, 0.05) is 5.41 Å². The van der Waals surface area contributed by atoms with Crippen molar-refractivity contribution in [1.82, 2.24) is 0 Å². The molecule has 0 N–H and O–H groups in total. The van der Waals surface area contributed by atoms with Crippen molar-refractivity contribution < 1.29 is 9.53 Å². The van der Waals surface area contributed by atoms with Crippen molar-refractivity contribution >= 4 is 6.29 Å². The van der Waals surface area contributed by atoms with Crippen LogP contribution < -0.4 is 0 Å². The van der Waals surface area contributed by atoms with Gasteiger partial charge in [-0.15, -0.1) is 0 Å². The van der Waals surface area contributed by atoms with Gasteiger partial charge in [-0.1, -0.05) is 43.7 Å². The van der Waals surface area contributed by atoms with Crippen LogP contribution >= 0.6 is 0 Å². The van der Waals surface area contributed by atoms with E-state index in [-0.39, 0.29) is 16.6 Å². The average Bonchev–Trinajstić information content (AvgIpc) is 3.05. The first-order valence-corrected chi connectivity index (χ1v) is 8.13. The molecule has 2 nitrogen and oxygen atoms in total. The van der Waals surface area contributed by atoms with Crippen LogP contribution in [-0.4, -0.2) is 17.5 Å². The quantitative estimate of drug-likeness (QED) is 0.312. The van der Waals surface area contributed by atoms with E-state index in [1.54, 1.807) is 6.08 Å². The number of aldehydes is 1. The van der Waals surface area contributed by atoms with E-state index in [9.17, 15) is 4.79 Å². The van der Waals surface area contributed by atoms with Crippen molar-refractivity contribution in [3.63, 3.8) is 0 Å². The minimum atomic E-state index is -0.107. The number of carbonyl (C=O) groups excluding carboxylic acids is 1. The Morgan fingerprint density at radius 2 is 1.68 bits per heavy atom. The number of rotatable bonds is 5. The van der Waals surface area contributed by atoms with Gasteiger partial charge in [0.1, 0.15) is 11.9 Å². The molecule has 2 rings (SSSR count). The monoisotopic (exact) mass is 300 g/mol. The summed E-state index contributed by atoms with van der Waals surface area (Å²) in [6.07, 6.45) is 16.4. The van der Waals surface area contributed by atoms with Crippen molar-refractivity contribution in [2.45, 2.75) is 65.1 Å². The number of fused-ring (bicyclic) bond motifs is 1. The summed E-state index contributed by atoms with van der Waals surface area (Å²) in [5.41, 5.74) is 2.24. The van der Waals surface area contributed by atoms with Gasteiger partial charge in [0.25, 0.3) is 0 Å². The lowest BCUT2D eigenvalue weighted by molar-refractivity contribution is -0.104. The smallest absolute Gasteiger partial charge is 0.143 e.